The molecule has 8 heteroatoms. The Bertz CT molecular complexity index is 1040. The number of likely N-dealkylation sites (tertiary alicyclic amines) is 1. The highest BCUT2D eigenvalue weighted by Crippen LogP contribution is 2.25. The fourth-order valence-electron chi connectivity index (χ4n) is 3.29. The summed E-state index contributed by atoms with van der Waals surface area (Å²) in [4.78, 5) is 35.0. The van der Waals surface area contributed by atoms with E-state index in [4.69, 9.17) is 13.9 Å². The Morgan fingerprint density at radius 2 is 2.07 bits per heavy atom. The smallest absolute Gasteiger partial charge is 0.349 e. The molecule has 1 amide bonds. The Morgan fingerprint density at radius 3 is 2.79 bits per heavy atom. The van der Waals surface area contributed by atoms with Crippen LogP contribution in [0.25, 0.3) is 11.0 Å². The van der Waals surface area contributed by atoms with Gasteiger partial charge in [0.15, 0.2) is 11.3 Å². The van der Waals surface area contributed by atoms with Crippen molar-refractivity contribution < 1.29 is 18.7 Å². The Balaban J connectivity index is 1.48. The Morgan fingerprint density at radius 1 is 1.25 bits per heavy atom. The third-order valence-corrected chi connectivity index (χ3v) is 4.73. The monoisotopic (exact) mass is 381 g/mol. The number of piperidine rings is 1. The van der Waals surface area contributed by atoms with Gasteiger partial charge in [-0.25, -0.2) is 9.78 Å². The minimum atomic E-state index is -0.667. The van der Waals surface area contributed by atoms with Crippen LogP contribution in [-0.4, -0.2) is 47.1 Å². The van der Waals surface area contributed by atoms with Gasteiger partial charge >= 0.3 is 5.63 Å². The highest BCUT2D eigenvalue weighted by Gasteiger charge is 2.27. The summed E-state index contributed by atoms with van der Waals surface area (Å²) in [6, 6.07) is 6.83. The molecule has 4 rings (SSSR count). The van der Waals surface area contributed by atoms with Gasteiger partial charge in [-0.05, 0) is 12.1 Å². The van der Waals surface area contributed by atoms with Gasteiger partial charge in [-0.2, -0.15) is 0 Å². The average molecular weight is 381 g/mol. The first-order valence-corrected chi connectivity index (χ1v) is 8.98. The molecular weight excluding hydrogens is 362 g/mol. The lowest BCUT2D eigenvalue weighted by atomic mass is 10.1. The highest BCUT2D eigenvalue weighted by atomic mass is 16.5. The van der Waals surface area contributed by atoms with Gasteiger partial charge in [-0.1, -0.05) is 12.1 Å². The fourth-order valence-corrected chi connectivity index (χ4v) is 3.29. The summed E-state index contributed by atoms with van der Waals surface area (Å²) in [5.74, 6) is 0.586. The number of aromatic nitrogens is 2. The molecule has 8 nitrogen and oxygen atoms in total. The van der Waals surface area contributed by atoms with E-state index in [9.17, 15) is 9.59 Å². The standard InChI is InChI=1S/C20H19N3O5/c1-26-16-4-2-3-13-11-15(20(25)28-18(13)16)19(24)23-9-5-14(6-10-23)27-17-12-21-7-8-22-17/h2-4,7-8,11-12,14H,5-6,9-10H2,1H3. The quantitative estimate of drug-likeness (QED) is 0.640. The lowest BCUT2D eigenvalue weighted by Crippen LogP contribution is -2.43. The number of ether oxygens (including phenoxy) is 2. The van der Waals surface area contributed by atoms with Crippen LogP contribution in [0.2, 0.25) is 0 Å². The van der Waals surface area contributed by atoms with Crippen molar-refractivity contribution in [2.24, 2.45) is 0 Å². The highest BCUT2D eigenvalue weighted by molar-refractivity contribution is 5.97. The molecule has 1 aliphatic rings. The molecule has 0 saturated carbocycles. The molecule has 0 aliphatic carbocycles. The minimum Gasteiger partial charge on any atom is -0.493 e. The summed E-state index contributed by atoms with van der Waals surface area (Å²) >= 11 is 0. The number of amides is 1. The number of nitrogens with zero attached hydrogens (tertiary/aromatic N) is 3. The largest absolute Gasteiger partial charge is 0.493 e. The maximum absolute atomic E-state index is 12.9. The van der Waals surface area contributed by atoms with Crippen molar-refractivity contribution in [2.45, 2.75) is 18.9 Å². The van der Waals surface area contributed by atoms with E-state index >= 15 is 0 Å². The molecule has 144 valence electrons. The molecule has 1 fully saturated rings. The summed E-state index contributed by atoms with van der Waals surface area (Å²) in [7, 11) is 1.50. The number of hydrogen-bond acceptors (Lipinski definition) is 7. The fraction of sp³-hybridized carbons (Fsp3) is 0.300. The number of benzene rings is 1. The second-order valence-corrected chi connectivity index (χ2v) is 6.48. The van der Waals surface area contributed by atoms with E-state index in [1.807, 2.05) is 0 Å². The summed E-state index contributed by atoms with van der Waals surface area (Å²) in [6.07, 6.45) is 5.97. The first-order chi connectivity index (χ1) is 13.7. The number of carbonyl (C=O) groups is 1. The molecule has 0 unspecified atom stereocenters. The van der Waals surface area contributed by atoms with Gasteiger partial charge in [0, 0.05) is 43.7 Å². The van der Waals surface area contributed by atoms with Crippen LogP contribution >= 0.6 is 0 Å². The minimum absolute atomic E-state index is 0.0223. The molecule has 28 heavy (non-hydrogen) atoms. The van der Waals surface area contributed by atoms with Crippen molar-refractivity contribution in [1.82, 2.24) is 14.9 Å². The summed E-state index contributed by atoms with van der Waals surface area (Å²) in [5.41, 5.74) is -0.309. The number of methoxy groups -OCH3 is 1. The van der Waals surface area contributed by atoms with Gasteiger partial charge in [0.1, 0.15) is 11.7 Å². The lowest BCUT2D eigenvalue weighted by Gasteiger charge is -2.31. The molecule has 1 aliphatic heterocycles. The maximum atomic E-state index is 12.9. The van der Waals surface area contributed by atoms with Crippen molar-refractivity contribution >= 4 is 16.9 Å². The Hall–Kier alpha value is -3.42. The third kappa shape index (κ3) is 3.53. The molecule has 2 aromatic heterocycles. The van der Waals surface area contributed by atoms with Gasteiger partial charge in [0.05, 0.1) is 13.3 Å². The molecular formula is C20H19N3O5. The molecule has 0 spiro atoms. The Kier molecular flexibility index (Phi) is 4.92. The zero-order valence-electron chi connectivity index (χ0n) is 15.3. The van der Waals surface area contributed by atoms with E-state index in [-0.39, 0.29) is 17.6 Å². The van der Waals surface area contributed by atoms with Crippen LogP contribution in [0.4, 0.5) is 0 Å². The predicted octanol–water partition coefficient (Wildman–Crippen LogP) is 2.28. The number of carbonyl (C=O) groups excluding carboxylic acids is 1. The number of hydrogen-bond donors (Lipinski definition) is 0. The van der Waals surface area contributed by atoms with Crippen molar-refractivity contribution in [2.75, 3.05) is 20.2 Å². The Labute approximate surface area is 160 Å². The van der Waals surface area contributed by atoms with Crippen LogP contribution in [0.5, 0.6) is 11.6 Å². The molecule has 3 heterocycles. The predicted molar refractivity (Wildman–Crippen MR) is 101 cm³/mol. The van der Waals surface area contributed by atoms with E-state index in [1.165, 1.54) is 7.11 Å². The van der Waals surface area contributed by atoms with Crippen molar-refractivity contribution in [3.63, 3.8) is 0 Å². The van der Waals surface area contributed by atoms with Gasteiger partial charge in [0.25, 0.3) is 5.91 Å². The number of rotatable bonds is 4. The first kappa shape index (κ1) is 18.0. The van der Waals surface area contributed by atoms with E-state index < -0.39 is 5.63 Å². The average Bonchev–Trinajstić information content (AvgIpc) is 2.73. The number of para-hydroxylation sites is 1. The van der Waals surface area contributed by atoms with E-state index in [0.29, 0.717) is 48.5 Å². The van der Waals surface area contributed by atoms with Gasteiger partial charge < -0.3 is 18.8 Å². The van der Waals surface area contributed by atoms with E-state index in [0.717, 1.165) is 0 Å². The van der Waals surface area contributed by atoms with Crippen LogP contribution < -0.4 is 15.1 Å². The maximum Gasteiger partial charge on any atom is 0.349 e. The zero-order valence-corrected chi connectivity index (χ0v) is 15.3. The van der Waals surface area contributed by atoms with Crippen LogP contribution in [0.1, 0.15) is 23.2 Å². The second-order valence-electron chi connectivity index (χ2n) is 6.48. The summed E-state index contributed by atoms with van der Waals surface area (Å²) in [6.45, 7) is 0.971. The van der Waals surface area contributed by atoms with Crippen LogP contribution in [0.15, 0.2) is 52.1 Å². The number of fused-ring (bicyclic) bond motifs is 1. The van der Waals surface area contributed by atoms with Crippen molar-refractivity contribution in [3.05, 3.63) is 58.8 Å². The molecule has 1 aromatic carbocycles. The zero-order chi connectivity index (χ0) is 19.5. The summed E-state index contributed by atoms with van der Waals surface area (Å²) in [5, 5.41) is 0.642. The molecule has 1 saturated heterocycles. The third-order valence-electron chi connectivity index (χ3n) is 4.73. The molecule has 0 N–H and O–H groups in total. The van der Waals surface area contributed by atoms with Crippen molar-refractivity contribution in [1.29, 1.82) is 0 Å². The van der Waals surface area contributed by atoms with Gasteiger partial charge in [0.2, 0.25) is 5.88 Å². The lowest BCUT2D eigenvalue weighted by molar-refractivity contribution is 0.0583. The van der Waals surface area contributed by atoms with Crippen molar-refractivity contribution in [3.8, 4) is 11.6 Å². The van der Waals surface area contributed by atoms with E-state index in [1.54, 1.807) is 47.8 Å². The van der Waals surface area contributed by atoms with E-state index in [2.05, 4.69) is 9.97 Å². The molecule has 0 atom stereocenters. The normalized spacial score (nSPS) is 14.8. The molecule has 0 bridgehead atoms. The van der Waals surface area contributed by atoms with Crippen LogP contribution in [0, 0.1) is 0 Å². The van der Waals surface area contributed by atoms with Gasteiger partial charge in [-0.3, -0.25) is 9.78 Å². The van der Waals surface area contributed by atoms with Crippen LogP contribution in [-0.2, 0) is 0 Å². The second kappa shape index (κ2) is 7.67. The first-order valence-electron chi connectivity index (χ1n) is 8.98. The van der Waals surface area contributed by atoms with Gasteiger partial charge in [-0.15, -0.1) is 0 Å². The SMILES string of the molecule is COc1cccc2cc(C(=O)N3CCC(Oc4cnccn4)CC3)c(=O)oc12. The topological polar surface area (TPSA) is 94.8 Å². The summed E-state index contributed by atoms with van der Waals surface area (Å²) < 4.78 is 16.4. The molecule has 3 aromatic rings. The molecule has 0 radical (unpaired) electrons. The van der Waals surface area contributed by atoms with Crippen LogP contribution in [0.3, 0.4) is 0 Å².